The van der Waals surface area contributed by atoms with Crippen molar-refractivity contribution >= 4 is 11.7 Å². The second-order valence-corrected chi connectivity index (χ2v) is 8.02. The molecule has 1 aliphatic heterocycles. The number of hydrogen-bond acceptors (Lipinski definition) is 5. The first-order chi connectivity index (χ1) is 15.2. The van der Waals surface area contributed by atoms with Crippen molar-refractivity contribution in [2.24, 2.45) is 7.05 Å². The Morgan fingerprint density at radius 2 is 1.77 bits per heavy atom. The van der Waals surface area contributed by atoms with Gasteiger partial charge in [-0.3, -0.25) is 4.90 Å². The maximum absolute atomic E-state index is 12.4. The fourth-order valence-corrected chi connectivity index (χ4v) is 3.96. The summed E-state index contributed by atoms with van der Waals surface area (Å²) in [7, 11) is 1.78. The molecular formula is C23H29N7O. The average molecular weight is 420 g/mol. The molecule has 8 heteroatoms. The second-order valence-electron chi connectivity index (χ2n) is 8.02. The van der Waals surface area contributed by atoms with Gasteiger partial charge >= 0.3 is 6.03 Å². The lowest BCUT2D eigenvalue weighted by Crippen LogP contribution is -2.28. The van der Waals surface area contributed by atoms with E-state index in [0.717, 1.165) is 17.7 Å². The Morgan fingerprint density at radius 1 is 1.00 bits per heavy atom. The molecular weight excluding hydrogens is 390 g/mol. The topological polar surface area (TPSA) is 88.0 Å². The van der Waals surface area contributed by atoms with Gasteiger partial charge in [-0.15, -0.1) is 5.10 Å². The van der Waals surface area contributed by atoms with Crippen LogP contribution in [-0.4, -0.2) is 44.2 Å². The number of hydrogen-bond donors (Lipinski definition) is 2. The van der Waals surface area contributed by atoms with E-state index < -0.39 is 0 Å². The molecule has 2 amide bonds. The first-order valence-electron chi connectivity index (χ1n) is 10.9. The Hall–Kier alpha value is -3.26. The summed E-state index contributed by atoms with van der Waals surface area (Å²) in [6.45, 7) is 3.80. The molecule has 4 rings (SSSR count). The summed E-state index contributed by atoms with van der Waals surface area (Å²) < 4.78 is 1.60. The average Bonchev–Trinajstić information content (AvgIpc) is 3.04. The molecule has 0 aliphatic carbocycles. The standard InChI is InChI=1S/C23H29N7O/c1-29-22(26-27-28-29)20-10-7-11-21(15-20)25-23(31)24-16-18-8-6-9-19(14-18)17-30-12-4-2-3-5-13-30/h6-11,14-15H,2-5,12-13,16-17H2,1H3,(H2,24,25,31). The maximum Gasteiger partial charge on any atom is 0.319 e. The zero-order valence-corrected chi connectivity index (χ0v) is 17.9. The van der Waals surface area contributed by atoms with Crippen LogP contribution in [0.4, 0.5) is 10.5 Å². The Kier molecular flexibility index (Phi) is 6.89. The number of nitrogens with zero attached hydrogens (tertiary/aromatic N) is 5. The number of benzene rings is 2. The van der Waals surface area contributed by atoms with Crippen molar-refractivity contribution in [3.63, 3.8) is 0 Å². The Labute approximate surface area is 182 Å². The van der Waals surface area contributed by atoms with Crippen molar-refractivity contribution in [1.29, 1.82) is 0 Å². The van der Waals surface area contributed by atoms with Gasteiger partial charge < -0.3 is 10.6 Å². The van der Waals surface area contributed by atoms with Crippen LogP contribution in [-0.2, 0) is 20.1 Å². The summed E-state index contributed by atoms with van der Waals surface area (Å²) in [6.07, 6.45) is 5.26. The molecule has 2 heterocycles. The van der Waals surface area contributed by atoms with Gasteiger partial charge in [0.1, 0.15) is 0 Å². The largest absolute Gasteiger partial charge is 0.334 e. The summed E-state index contributed by atoms with van der Waals surface area (Å²) in [5, 5.41) is 17.3. The molecule has 0 saturated carbocycles. The number of anilines is 1. The molecule has 8 nitrogen and oxygen atoms in total. The molecule has 1 aliphatic rings. The Bertz CT molecular complexity index is 1010. The van der Waals surface area contributed by atoms with Gasteiger partial charge in [-0.2, -0.15) is 0 Å². The first-order valence-corrected chi connectivity index (χ1v) is 10.9. The molecule has 0 radical (unpaired) electrons. The predicted octanol–water partition coefficient (Wildman–Crippen LogP) is 3.57. The van der Waals surface area contributed by atoms with Gasteiger partial charge in [-0.05, 0) is 59.6 Å². The number of amides is 2. The fraction of sp³-hybridized carbons (Fsp3) is 0.391. The van der Waals surface area contributed by atoms with Gasteiger partial charge in [-0.1, -0.05) is 49.2 Å². The Morgan fingerprint density at radius 3 is 2.55 bits per heavy atom. The molecule has 1 saturated heterocycles. The van der Waals surface area contributed by atoms with Gasteiger partial charge in [0, 0.05) is 31.4 Å². The molecule has 31 heavy (non-hydrogen) atoms. The van der Waals surface area contributed by atoms with Gasteiger partial charge in [0.2, 0.25) is 0 Å². The van der Waals surface area contributed by atoms with Crippen LogP contribution in [0.2, 0.25) is 0 Å². The minimum atomic E-state index is -0.244. The van der Waals surface area contributed by atoms with Crippen molar-refractivity contribution in [3.05, 3.63) is 59.7 Å². The van der Waals surface area contributed by atoms with Gasteiger partial charge in [-0.25, -0.2) is 9.48 Å². The molecule has 0 unspecified atom stereocenters. The highest BCUT2D eigenvalue weighted by Crippen LogP contribution is 2.19. The highest BCUT2D eigenvalue weighted by molar-refractivity contribution is 5.89. The van der Waals surface area contributed by atoms with Crippen LogP contribution >= 0.6 is 0 Å². The molecule has 0 spiro atoms. The van der Waals surface area contributed by atoms with Crippen LogP contribution in [0.1, 0.15) is 36.8 Å². The number of carbonyl (C=O) groups excluding carboxylic acids is 1. The van der Waals surface area contributed by atoms with Crippen molar-refractivity contribution in [3.8, 4) is 11.4 Å². The monoisotopic (exact) mass is 419 g/mol. The zero-order valence-electron chi connectivity index (χ0n) is 17.9. The molecule has 1 aromatic heterocycles. The third-order valence-electron chi connectivity index (χ3n) is 5.55. The van der Waals surface area contributed by atoms with E-state index in [4.69, 9.17) is 0 Å². The summed E-state index contributed by atoms with van der Waals surface area (Å²) in [5.74, 6) is 0.644. The number of nitrogens with one attached hydrogen (secondary N) is 2. The van der Waals surface area contributed by atoms with Crippen molar-refractivity contribution in [1.82, 2.24) is 30.4 Å². The maximum atomic E-state index is 12.4. The number of tetrazole rings is 1. The van der Waals surface area contributed by atoms with E-state index in [2.05, 4.69) is 49.3 Å². The Balaban J connectivity index is 1.31. The van der Waals surface area contributed by atoms with E-state index in [9.17, 15) is 4.79 Å². The van der Waals surface area contributed by atoms with E-state index in [1.807, 2.05) is 30.3 Å². The smallest absolute Gasteiger partial charge is 0.319 e. The molecule has 3 aromatic rings. The van der Waals surface area contributed by atoms with Crippen LogP contribution in [0.25, 0.3) is 11.4 Å². The molecule has 0 atom stereocenters. The van der Waals surface area contributed by atoms with Crippen LogP contribution in [0.3, 0.4) is 0 Å². The molecule has 0 bridgehead atoms. The predicted molar refractivity (Wildman–Crippen MR) is 120 cm³/mol. The quantitative estimate of drug-likeness (QED) is 0.638. The highest BCUT2D eigenvalue weighted by Gasteiger charge is 2.11. The normalized spacial score (nSPS) is 14.7. The second kappa shape index (κ2) is 10.2. The third-order valence-corrected chi connectivity index (χ3v) is 5.55. The van der Waals surface area contributed by atoms with E-state index >= 15 is 0 Å². The lowest BCUT2D eigenvalue weighted by molar-refractivity contribution is 0.251. The molecule has 162 valence electrons. The lowest BCUT2D eigenvalue weighted by atomic mass is 10.1. The van der Waals surface area contributed by atoms with E-state index in [1.165, 1.54) is 44.3 Å². The van der Waals surface area contributed by atoms with Crippen molar-refractivity contribution in [2.45, 2.75) is 38.8 Å². The minimum absolute atomic E-state index is 0.244. The summed E-state index contributed by atoms with van der Waals surface area (Å²) >= 11 is 0. The molecule has 1 fully saturated rings. The van der Waals surface area contributed by atoms with Crippen LogP contribution < -0.4 is 10.6 Å². The number of aromatic nitrogens is 4. The SMILES string of the molecule is Cn1nnnc1-c1cccc(NC(=O)NCc2cccc(CN3CCCCCC3)c2)c1. The minimum Gasteiger partial charge on any atom is -0.334 e. The number of rotatable bonds is 6. The third kappa shape index (κ3) is 5.88. The summed E-state index contributed by atoms with van der Waals surface area (Å²) in [5.41, 5.74) is 3.92. The van der Waals surface area contributed by atoms with Crippen LogP contribution in [0, 0.1) is 0 Å². The molecule has 2 N–H and O–H groups in total. The fourth-order valence-electron chi connectivity index (χ4n) is 3.96. The zero-order chi connectivity index (χ0) is 21.5. The number of likely N-dealkylation sites (tertiary alicyclic amines) is 1. The van der Waals surface area contributed by atoms with E-state index in [0.29, 0.717) is 18.1 Å². The van der Waals surface area contributed by atoms with Crippen molar-refractivity contribution < 1.29 is 4.79 Å². The van der Waals surface area contributed by atoms with Crippen LogP contribution in [0.15, 0.2) is 48.5 Å². The molecule has 2 aromatic carbocycles. The first kappa shape index (κ1) is 21.0. The van der Waals surface area contributed by atoms with Crippen molar-refractivity contribution in [2.75, 3.05) is 18.4 Å². The highest BCUT2D eigenvalue weighted by atomic mass is 16.2. The van der Waals surface area contributed by atoms with E-state index in [-0.39, 0.29) is 6.03 Å². The van der Waals surface area contributed by atoms with Gasteiger partial charge in [0.15, 0.2) is 5.82 Å². The van der Waals surface area contributed by atoms with Crippen LogP contribution in [0.5, 0.6) is 0 Å². The number of aryl methyl sites for hydroxylation is 1. The van der Waals surface area contributed by atoms with Gasteiger partial charge in [0.05, 0.1) is 0 Å². The summed E-state index contributed by atoms with van der Waals surface area (Å²) in [4.78, 5) is 14.9. The van der Waals surface area contributed by atoms with E-state index in [1.54, 1.807) is 11.7 Å². The number of carbonyl (C=O) groups is 1. The lowest BCUT2D eigenvalue weighted by Gasteiger charge is -2.20. The number of urea groups is 1. The van der Waals surface area contributed by atoms with Gasteiger partial charge in [0.25, 0.3) is 0 Å². The summed E-state index contributed by atoms with van der Waals surface area (Å²) in [6, 6.07) is 15.7.